The maximum Gasteiger partial charge on any atom is 0.122 e. The van der Waals surface area contributed by atoms with Gasteiger partial charge in [0.1, 0.15) is 12.4 Å². The van der Waals surface area contributed by atoms with Crippen molar-refractivity contribution < 1.29 is 4.74 Å². The number of ether oxygens (including phenoxy) is 1. The van der Waals surface area contributed by atoms with E-state index in [-0.39, 0.29) is 0 Å². The number of nitrogens with zero attached hydrogens (tertiary/aromatic N) is 1. The highest BCUT2D eigenvalue weighted by molar-refractivity contribution is 5.86. The summed E-state index contributed by atoms with van der Waals surface area (Å²) in [6.45, 7) is 2.60. The van der Waals surface area contributed by atoms with Crippen molar-refractivity contribution in [3.05, 3.63) is 59.8 Å². The minimum absolute atomic E-state index is 0.547. The number of hydrogen-bond acceptors (Lipinski definition) is 2. The number of nitrogen functional groups attached to an aromatic ring is 1. The van der Waals surface area contributed by atoms with E-state index in [1.807, 2.05) is 43.4 Å². The Bertz CT molecular complexity index is 759. The molecule has 0 saturated carbocycles. The van der Waals surface area contributed by atoms with Crippen molar-refractivity contribution in [2.45, 2.75) is 13.5 Å². The largest absolute Gasteiger partial charge is 0.489 e. The number of para-hydroxylation sites is 1. The third kappa shape index (κ3) is 2.23. The summed E-state index contributed by atoms with van der Waals surface area (Å²) in [5.41, 5.74) is 10.1. The van der Waals surface area contributed by atoms with Crippen LogP contribution in [-0.4, -0.2) is 4.57 Å². The maximum atomic E-state index is 5.93. The zero-order chi connectivity index (χ0) is 14.1. The first-order valence-electron chi connectivity index (χ1n) is 6.67. The summed E-state index contributed by atoms with van der Waals surface area (Å²) in [7, 11) is 2.04. The van der Waals surface area contributed by atoms with Gasteiger partial charge in [-0.05, 0) is 36.8 Å². The lowest BCUT2D eigenvalue weighted by Gasteiger charge is -2.08. The van der Waals surface area contributed by atoms with Gasteiger partial charge in [-0.3, -0.25) is 0 Å². The second-order valence-electron chi connectivity index (χ2n) is 5.10. The Labute approximate surface area is 118 Å². The Kier molecular flexibility index (Phi) is 3.11. The molecule has 3 heteroatoms. The normalized spacial score (nSPS) is 10.9. The number of hydrogen-bond donors (Lipinski definition) is 1. The van der Waals surface area contributed by atoms with Gasteiger partial charge in [0.2, 0.25) is 0 Å². The average molecular weight is 266 g/mol. The number of aromatic nitrogens is 1. The van der Waals surface area contributed by atoms with Crippen LogP contribution in [-0.2, 0) is 13.7 Å². The van der Waals surface area contributed by atoms with E-state index in [1.165, 1.54) is 5.52 Å². The zero-order valence-electron chi connectivity index (χ0n) is 11.8. The lowest BCUT2D eigenvalue weighted by molar-refractivity contribution is 0.305. The quantitative estimate of drug-likeness (QED) is 0.735. The van der Waals surface area contributed by atoms with Gasteiger partial charge in [-0.25, -0.2) is 0 Å². The molecule has 0 aliphatic carbocycles. The zero-order valence-corrected chi connectivity index (χ0v) is 11.8. The summed E-state index contributed by atoms with van der Waals surface area (Å²) in [6, 6.07) is 14.0. The van der Waals surface area contributed by atoms with E-state index in [9.17, 15) is 0 Å². The van der Waals surface area contributed by atoms with Crippen LogP contribution in [0.3, 0.4) is 0 Å². The molecule has 3 nitrogen and oxygen atoms in total. The third-order valence-corrected chi connectivity index (χ3v) is 3.57. The van der Waals surface area contributed by atoms with E-state index in [2.05, 4.69) is 23.8 Å². The van der Waals surface area contributed by atoms with Crippen molar-refractivity contribution in [2.75, 3.05) is 5.73 Å². The van der Waals surface area contributed by atoms with Crippen molar-refractivity contribution in [1.82, 2.24) is 4.57 Å². The van der Waals surface area contributed by atoms with Gasteiger partial charge in [0.05, 0.1) is 0 Å². The lowest BCUT2D eigenvalue weighted by Crippen LogP contribution is -1.96. The molecule has 0 unspecified atom stereocenters. The van der Waals surface area contributed by atoms with Crippen LogP contribution in [0, 0.1) is 6.92 Å². The Morgan fingerprint density at radius 2 is 1.95 bits per heavy atom. The van der Waals surface area contributed by atoms with Crippen LogP contribution in [0.25, 0.3) is 10.9 Å². The van der Waals surface area contributed by atoms with Gasteiger partial charge in [-0.1, -0.05) is 18.2 Å². The van der Waals surface area contributed by atoms with Gasteiger partial charge in [0.15, 0.2) is 0 Å². The van der Waals surface area contributed by atoms with E-state index < -0.39 is 0 Å². The van der Waals surface area contributed by atoms with E-state index in [0.717, 1.165) is 28.0 Å². The number of fused-ring (bicyclic) bond motifs is 1. The number of aryl methyl sites for hydroxylation is 2. The van der Waals surface area contributed by atoms with Crippen LogP contribution in [0.4, 0.5) is 5.69 Å². The van der Waals surface area contributed by atoms with Gasteiger partial charge in [-0.2, -0.15) is 0 Å². The fraction of sp³-hybridized carbons (Fsp3) is 0.176. The first-order chi connectivity index (χ1) is 9.65. The fourth-order valence-electron chi connectivity index (χ4n) is 2.48. The summed E-state index contributed by atoms with van der Waals surface area (Å²) in [6.07, 6.45) is 2.10. The van der Waals surface area contributed by atoms with E-state index >= 15 is 0 Å². The van der Waals surface area contributed by atoms with Crippen LogP contribution in [0.5, 0.6) is 5.75 Å². The molecular weight excluding hydrogens is 248 g/mol. The Morgan fingerprint density at radius 3 is 2.75 bits per heavy atom. The molecule has 1 aromatic heterocycles. The lowest BCUT2D eigenvalue weighted by atomic mass is 10.1. The highest BCUT2D eigenvalue weighted by Gasteiger charge is 2.08. The summed E-state index contributed by atoms with van der Waals surface area (Å²) >= 11 is 0. The first kappa shape index (κ1) is 12.6. The Morgan fingerprint density at radius 1 is 1.15 bits per heavy atom. The van der Waals surface area contributed by atoms with Crippen molar-refractivity contribution in [3.63, 3.8) is 0 Å². The molecular formula is C17H18N2O. The van der Waals surface area contributed by atoms with Crippen LogP contribution in [0.15, 0.2) is 48.7 Å². The molecule has 2 aromatic carbocycles. The molecule has 0 atom stereocenters. The summed E-state index contributed by atoms with van der Waals surface area (Å²) in [5.74, 6) is 0.924. The molecule has 0 spiro atoms. The molecule has 1 heterocycles. The Hall–Kier alpha value is -2.42. The first-order valence-corrected chi connectivity index (χ1v) is 6.67. The molecule has 0 radical (unpaired) electrons. The molecule has 0 fully saturated rings. The molecule has 0 amide bonds. The fourth-order valence-corrected chi connectivity index (χ4v) is 2.48. The van der Waals surface area contributed by atoms with E-state index in [4.69, 9.17) is 10.5 Å². The number of rotatable bonds is 3. The van der Waals surface area contributed by atoms with Crippen LogP contribution in [0.1, 0.15) is 11.1 Å². The van der Waals surface area contributed by atoms with Gasteiger partial charge in [0.25, 0.3) is 0 Å². The SMILES string of the molecule is Cc1ccccc1OCc1cn(C)c2ccc(N)cc12. The monoisotopic (exact) mass is 266 g/mol. The van der Waals surface area contributed by atoms with Gasteiger partial charge in [0, 0.05) is 35.4 Å². The van der Waals surface area contributed by atoms with Gasteiger partial charge < -0.3 is 15.0 Å². The van der Waals surface area contributed by atoms with Crippen LogP contribution >= 0.6 is 0 Å². The number of benzene rings is 2. The smallest absolute Gasteiger partial charge is 0.122 e. The van der Waals surface area contributed by atoms with Gasteiger partial charge >= 0.3 is 0 Å². The van der Waals surface area contributed by atoms with Crippen molar-refractivity contribution in [2.24, 2.45) is 7.05 Å². The second-order valence-corrected chi connectivity index (χ2v) is 5.10. The predicted octanol–water partition coefficient (Wildman–Crippen LogP) is 3.65. The second kappa shape index (κ2) is 4.93. The van der Waals surface area contributed by atoms with Crippen molar-refractivity contribution in [3.8, 4) is 5.75 Å². The molecule has 0 bridgehead atoms. The van der Waals surface area contributed by atoms with Crippen LogP contribution < -0.4 is 10.5 Å². The summed E-state index contributed by atoms with van der Waals surface area (Å²) < 4.78 is 8.03. The molecule has 0 aliphatic rings. The number of nitrogens with two attached hydrogens (primary N) is 1. The van der Waals surface area contributed by atoms with Gasteiger partial charge in [-0.15, -0.1) is 0 Å². The molecule has 3 aromatic rings. The Balaban J connectivity index is 1.92. The summed E-state index contributed by atoms with van der Waals surface area (Å²) in [4.78, 5) is 0. The molecule has 0 saturated heterocycles. The molecule has 0 aliphatic heterocycles. The van der Waals surface area contributed by atoms with E-state index in [1.54, 1.807) is 0 Å². The topological polar surface area (TPSA) is 40.2 Å². The van der Waals surface area contributed by atoms with Crippen molar-refractivity contribution >= 4 is 16.6 Å². The molecule has 102 valence electrons. The minimum atomic E-state index is 0.547. The average Bonchev–Trinajstić information content (AvgIpc) is 2.74. The predicted molar refractivity (Wildman–Crippen MR) is 82.8 cm³/mol. The highest BCUT2D eigenvalue weighted by Crippen LogP contribution is 2.25. The standard InChI is InChI=1S/C17H18N2O/c1-12-5-3-4-6-17(12)20-11-13-10-19(2)16-8-7-14(18)9-15(13)16/h3-10H,11,18H2,1-2H3. The van der Waals surface area contributed by atoms with Crippen LogP contribution in [0.2, 0.25) is 0 Å². The molecule has 3 rings (SSSR count). The van der Waals surface area contributed by atoms with E-state index in [0.29, 0.717) is 6.61 Å². The minimum Gasteiger partial charge on any atom is -0.489 e. The molecule has 20 heavy (non-hydrogen) atoms. The molecule has 2 N–H and O–H groups in total. The highest BCUT2D eigenvalue weighted by atomic mass is 16.5. The number of anilines is 1. The third-order valence-electron chi connectivity index (χ3n) is 3.57. The summed E-state index contributed by atoms with van der Waals surface area (Å²) in [5, 5.41) is 1.15. The maximum absolute atomic E-state index is 5.93. The van der Waals surface area contributed by atoms with Crippen molar-refractivity contribution in [1.29, 1.82) is 0 Å².